The van der Waals surface area contributed by atoms with E-state index in [0.29, 0.717) is 52.6 Å². The Hall–Kier alpha value is -6.08. The van der Waals surface area contributed by atoms with E-state index in [1.807, 2.05) is 26.0 Å². The minimum Gasteiger partial charge on any atom is -0.393 e. The molecule has 4 atom stereocenters. The number of nitrogens with zero attached hydrogens (tertiary/aromatic N) is 2. The summed E-state index contributed by atoms with van der Waals surface area (Å²) in [6.45, 7) is 3.74. The molecule has 2 aliphatic carbocycles. The topological polar surface area (TPSA) is 187 Å². The van der Waals surface area contributed by atoms with Crippen LogP contribution in [0.3, 0.4) is 0 Å². The van der Waals surface area contributed by atoms with Crippen molar-refractivity contribution in [2.24, 2.45) is 10.8 Å². The SMILES string of the molecule is CN1C(=O)c2ccccc2C1=O.C[C@@]12CC=CC[C@]1(C)C(=O)NC2=O.O=C1NC(=O)c2ccccc21.O=C1c2ccccc2C(=O)N1C1CCCC(O)C1. The largest absolute Gasteiger partial charge is 0.393 e. The molecule has 13 nitrogen and oxygen atoms in total. The minimum absolute atomic E-state index is 0.121. The summed E-state index contributed by atoms with van der Waals surface area (Å²) in [7, 11) is 1.49. The lowest BCUT2D eigenvalue weighted by Gasteiger charge is -2.37. The van der Waals surface area contributed by atoms with Crippen LogP contribution in [0.4, 0.5) is 0 Å². The van der Waals surface area contributed by atoms with Gasteiger partial charge in [0.05, 0.1) is 50.3 Å². The zero-order chi connectivity index (χ0) is 38.9. The van der Waals surface area contributed by atoms with Gasteiger partial charge in [-0.1, -0.05) is 48.6 Å². The van der Waals surface area contributed by atoms with Crippen LogP contribution in [0.25, 0.3) is 0 Å². The van der Waals surface area contributed by atoms with Gasteiger partial charge in [-0.15, -0.1) is 0 Å². The highest BCUT2D eigenvalue weighted by Crippen LogP contribution is 2.51. The van der Waals surface area contributed by atoms with Crippen LogP contribution in [0.15, 0.2) is 84.9 Å². The molecule has 2 unspecified atom stereocenters. The lowest BCUT2D eigenvalue weighted by molar-refractivity contribution is -0.132. The van der Waals surface area contributed by atoms with Crippen LogP contribution >= 0.6 is 0 Å². The van der Waals surface area contributed by atoms with Crippen LogP contribution in [0.2, 0.25) is 0 Å². The van der Waals surface area contributed by atoms with Gasteiger partial charge in [0.1, 0.15) is 0 Å². The van der Waals surface area contributed by atoms with Gasteiger partial charge in [-0.25, -0.2) is 0 Å². The van der Waals surface area contributed by atoms with E-state index in [0.717, 1.165) is 24.2 Å². The lowest BCUT2D eigenvalue weighted by Crippen LogP contribution is -2.43. The van der Waals surface area contributed by atoms with E-state index in [-0.39, 0.29) is 53.3 Å². The van der Waals surface area contributed by atoms with E-state index < -0.39 is 16.9 Å². The summed E-state index contributed by atoms with van der Waals surface area (Å²) < 4.78 is 0. The van der Waals surface area contributed by atoms with Gasteiger partial charge >= 0.3 is 0 Å². The van der Waals surface area contributed by atoms with Crippen molar-refractivity contribution >= 4 is 47.3 Å². The molecule has 278 valence electrons. The fourth-order valence-electron chi connectivity index (χ4n) is 7.49. The molecular weight excluding hydrogens is 692 g/mol. The van der Waals surface area contributed by atoms with Gasteiger partial charge in [0.2, 0.25) is 11.8 Å². The minimum atomic E-state index is -0.529. The number of carbonyl (C=O) groups excluding carboxylic acids is 8. The molecule has 6 aliphatic rings. The average Bonchev–Trinajstić information content (AvgIpc) is 3.76. The smallest absolute Gasteiger partial charge is 0.261 e. The highest BCUT2D eigenvalue weighted by molar-refractivity contribution is 6.22. The van der Waals surface area contributed by atoms with Crippen LogP contribution in [0.5, 0.6) is 0 Å². The lowest BCUT2D eigenvalue weighted by atomic mass is 9.61. The molecule has 0 spiro atoms. The molecule has 54 heavy (non-hydrogen) atoms. The highest BCUT2D eigenvalue weighted by Gasteiger charge is 2.60. The van der Waals surface area contributed by atoms with Crippen molar-refractivity contribution in [1.82, 2.24) is 20.4 Å². The molecule has 8 amide bonds. The predicted octanol–water partition coefficient (Wildman–Crippen LogP) is 4.07. The van der Waals surface area contributed by atoms with Crippen molar-refractivity contribution in [2.75, 3.05) is 7.05 Å². The van der Waals surface area contributed by atoms with Gasteiger partial charge in [-0.05, 0) is 88.8 Å². The maximum absolute atomic E-state index is 12.2. The number of allylic oxidation sites excluding steroid dienone is 2. The second-order valence-corrected chi connectivity index (χ2v) is 14.4. The third-order valence-electron chi connectivity index (χ3n) is 11.1. The number of hydrogen-bond acceptors (Lipinski definition) is 9. The summed E-state index contributed by atoms with van der Waals surface area (Å²) in [5.74, 6) is -1.69. The second-order valence-electron chi connectivity index (χ2n) is 14.4. The zero-order valence-electron chi connectivity index (χ0n) is 30.1. The maximum Gasteiger partial charge on any atom is 0.261 e. The summed E-state index contributed by atoms with van der Waals surface area (Å²) in [5.41, 5.74) is 1.87. The van der Waals surface area contributed by atoms with E-state index in [1.165, 1.54) is 11.9 Å². The van der Waals surface area contributed by atoms with Gasteiger partial charge < -0.3 is 5.11 Å². The normalized spacial score (nSPS) is 25.9. The molecule has 1 saturated heterocycles. The number of nitrogens with one attached hydrogen (secondary N) is 2. The number of carbonyl (C=O) groups is 8. The molecule has 0 bridgehead atoms. The van der Waals surface area contributed by atoms with E-state index >= 15 is 0 Å². The monoisotopic (exact) mass is 732 g/mol. The Morgan fingerprint density at radius 1 is 0.574 bits per heavy atom. The third-order valence-corrected chi connectivity index (χ3v) is 11.1. The molecule has 13 heteroatoms. The van der Waals surface area contributed by atoms with E-state index in [4.69, 9.17) is 0 Å². The molecule has 4 aliphatic heterocycles. The van der Waals surface area contributed by atoms with Crippen LogP contribution in [0, 0.1) is 10.8 Å². The molecular formula is C41H40N4O9. The van der Waals surface area contributed by atoms with Crippen molar-refractivity contribution in [1.29, 1.82) is 0 Å². The Kier molecular flexibility index (Phi) is 10.3. The Morgan fingerprint density at radius 2 is 0.963 bits per heavy atom. The number of fused-ring (bicyclic) bond motifs is 4. The number of aliphatic hydroxyl groups excluding tert-OH is 1. The Morgan fingerprint density at radius 3 is 1.37 bits per heavy atom. The van der Waals surface area contributed by atoms with Crippen LogP contribution in [0.1, 0.15) is 115 Å². The van der Waals surface area contributed by atoms with Crippen LogP contribution in [-0.2, 0) is 9.59 Å². The molecule has 9 rings (SSSR count). The average molecular weight is 733 g/mol. The number of benzene rings is 3. The van der Waals surface area contributed by atoms with Crippen molar-refractivity contribution in [2.45, 2.75) is 64.5 Å². The van der Waals surface area contributed by atoms with E-state index in [2.05, 4.69) is 10.6 Å². The number of aliphatic hydroxyl groups is 1. The fraction of sp³-hybridized carbons (Fsp3) is 0.317. The van der Waals surface area contributed by atoms with Crippen LogP contribution < -0.4 is 10.6 Å². The summed E-state index contributed by atoms with van der Waals surface area (Å²) in [6.07, 6.45) is 7.84. The van der Waals surface area contributed by atoms with Gasteiger partial charge in [0, 0.05) is 13.1 Å². The second kappa shape index (κ2) is 14.7. The molecule has 1 saturated carbocycles. The Labute approximate surface area is 311 Å². The van der Waals surface area contributed by atoms with E-state index in [9.17, 15) is 43.5 Å². The number of imide groups is 4. The summed E-state index contributed by atoms with van der Waals surface area (Å²) in [4.78, 5) is 94.6. The van der Waals surface area contributed by atoms with E-state index in [1.54, 1.807) is 72.8 Å². The molecule has 3 N–H and O–H groups in total. The van der Waals surface area contributed by atoms with Crippen molar-refractivity contribution in [3.8, 4) is 0 Å². The van der Waals surface area contributed by atoms with Gasteiger partial charge in [-0.3, -0.25) is 58.8 Å². The summed E-state index contributed by atoms with van der Waals surface area (Å²) in [5, 5.41) is 14.3. The number of rotatable bonds is 1. The quantitative estimate of drug-likeness (QED) is 0.245. The predicted molar refractivity (Wildman–Crippen MR) is 194 cm³/mol. The van der Waals surface area contributed by atoms with Gasteiger partial charge in [0.15, 0.2) is 0 Å². The molecule has 2 fully saturated rings. The molecule has 3 aromatic carbocycles. The zero-order valence-corrected chi connectivity index (χ0v) is 30.1. The number of amides is 8. The molecule has 3 aromatic rings. The molecule has 0 aromatic heterocycles. The Balaban J connectivity index is 0.000000125. The highest BCUT2D eigenvalue weighted by atomic mass is 16.3. The van der Waals surface area contributed by atoms with Crippen LogP contribution in [-0.4, -0.2) is 81.4 Å². The maximum atomic E-state index is 12.2. The first-order chi connectivity index (χ1) is 25.7. The van der Waals surface area contributed by atoms with Gasteiger partial charge in [0.25, 0.3) is 35.4 Å². The molecule has 0 radical (unpaired) electrons. The standard InChI is InChI=1S/C14H15NO3.C10H13NO2.C9H7NO2.C8H5NO2/c16-10-5-3-4-9(8-10)15-13(17)11-6-1-2-7-12(11)14(15)18;1-9-5-3-4-6-10(9,2)8(13)11-7(9)12;1-10-8(11)6-4-2-3-5-7(6)9(10)12;10-7-5-3-1-2-4-6(5)8(11)9-7/h1-2,6-7,9-10,16H,3-5,8H2;3-4H,5-6H2,1-2H3,(H,11,12,13);2-5H,1H3;1-4H,(H,9,10,11)/t;9-,10+;;. The third kappa shape index (κ3) is 6.55. The fourth-order valence-corrected chi connectivity index (χ4v) is 7.49. The first kappa shape index (κ1) is 37.7. The van der Waals surface area contributed by atoms with Gasteiger partial charge in [-0.2, -0.15) is 0 Å². The molecule has 4 heterocycles. The van der Waals surface area contributed by atoms with Crippen molar-refractivity contribution in [3.05, 3.63) is 118 Å². The van der Waals surface area contributed by atoms with Crippen molar-refractivity contribution < 1.29 is 43.5 Å². The summed E-state index contributed by atoms with van der Waals surface area (Å²) in [6, 6.07) is 20.3. The first-order valence-electron chi connectivity index (χ1n) is 17.7. The number of hydrogen-bond donors (Lipinski definition) is 3. The first-order valence-corrected chi connectivity index (χ1v) is 17.7. The van der Waals surface area contributed by atoms with Crippen molar-refractivity contribution in [3.63, 3.8) is 0 Å². The Bertz CT molecular complexity index is 2010. The summed E-state index contributed by atoms with van der Waals surface area (Å²) >= 11 is 0.